The third-order valence-electron chi connectivity index (χ3n) is 5.23. The zero-order chi connectivity index (χ0) is 20.5. The van der Waals surface area contributed by atoms with Gasteiger partial charge in [0.25, 0.3) is 0 Å². The fourth-order valence-electron chi connectivity index (χ4n) is 3.46. The van der Waals surface area contributed by atoms with Crippen molar-refractivity contribution < 1.29 is 23.5 Å². The summed E-state index contributed by atoms with van der Waals surface area (Å²) in [6.45, 7) is 12.6. The number of aromatic nitrogens is 2. The van der Waals surface area contributed by atoms with Gasteiger partial charge in [-0.1, -0.05) is 12.1 Å². The average Bonchev–Trinajstić information content (AvgIpc) is 3.05. The molecule has 1 amide bonds. The van der Waals surface area contributed by atoms with E-state index in [9.17, 15) is 4.79 Å². The molecule has 3 rings (SSSR count). The molecule has 0 radical (unpaired) electrons. The van der Waals surface area contributed by atoms with E-state index < -0.39 is 18.0 Å². The quantitative estimate of drug-likeness (QED) is 0.646. The normalized spacial score (nSPS) is 23.5. The first kappa shape index (κ1) is 21.0. The highest BCUT2D eigenvalue weighted by Gasteiger charge is 2.46. The van der Waals surface area contributed by atoms with E-state index in [1.54, 1.807) is 4.90 Å². The SMILES string of the molecule is CCOC(C)OC(c1noc(C2(C)CC2)n1)C1CCCN1C(=O)OC(C)(C)C. The molecule has 158 valence electrons. The predicted octanol–water partition coefficient (Wildman–Crippen LogP) is 3.96. The molecule has 1 saturated heterocycles. The number of likely N-dealkylation sites (tertiary alicyclic amines) is 1. The van der Waals surface area contributed by atoms with Crippen LogP contribution < -0.4 is 0 Å². The number of amides is 1. The van der Waals surface area contributed by atoms with Gasteiger partial charge in [-0.3, -0.25) is 0 Å². The summed E-state index contributed by atoms with van der Waals surface area (Å²) in [5, 5.41) is 4.20. The number of ether oxygens (including phenoxy) is 3. The minimum atomic E-state index is -0.556. The predicted molar refractivity (Wildman–Crippen MR) is 102 cm³/mol. The van der Waals surface area contributed by atoms with Crippen LogP contribution in [-0.2, 0) is 19.6 Å². The molecule has 8 nitrogen and oxygen atoms in total. The summed E-state index contributed by atoms with van der Waals surface area (Å²) in [6.07, 6.45) is 2.42. The van der Waals surface area contributed by atoms with E-state index in [0.29, 0.717) is 24.9 Å². The van der Waals surface area contributed by atoms with Crippen LogP contribution in [0.5, 0.6) is 0 Å². The summed E-state index contributed by atoms with van der Waals surface area (Å²) in [7, 11) is 0. The van der Waals surface area contributed by atoms with Crippen molar-refractivity contribution >= 4 is 6.09 Å². The maximum Gasteiger partial charge on any atom is 0.410 e. The van der Waals surface area contributed by atoms with Crippen molar-refractivity contribution in [3.05, 3.63) is 11.7 Å². The van der Waals surface area contributed by atoms with Gasteiger partial charge in [0.05, 0.1) is 6.04 Å². The zero-order valence-electron chi connectivity index (χ0n) is 17.9. The van der Waals surface area contributed by atoms with Crippen molar-refractivity contribution in [3.8, 4) is 0 Å². The molecule has 2 fully saturated rings. The molecule has 2 heterocycles. The lowest BCUT2D eigenvalue weighted by atomic mass is 10.1. The lowest BCUT2D eigenvalue weighted by Gasteiger charge is -2.33. The molecule has 8 heteroatoms. The Balaban J connectivity index is 1.83. The molecule has 0 aromatic carbocycles. The minimum Gasteiger partial charge on any atom is -0.444 e. The second-order valence-corrected chi connectivity index (χ2v) is 8.98. The number of carbonyl (C=O) groups excluding carboxylic acids is 1. The van der Waals surface area contributed by atoms with Gasteiger partial charge in [-0.2, -0.15) is 4.98 Å². The van der Waals surface area contributed by atoms with Crippen molar-refractivity contribution in [2.75, 3.05) is 13.2 Å². The van der Waals surface area contributed by atoms with E-state index in [4.69, 9.17) is 18.7 Å². The topological polar surface area (TPSA) is 86.9 Å². The standard InChI is InChI=1S/C20H33N3O5/c1-7-25-13(2)26-15(16-21-17(28-22-16)20(6)10-11-20)14-9-8-12-23(14)18(24)27-19(3,4)5/h13-15H,7-12H2,1-6H3. The Hall–Kier alpha value is -1.67. The van der Waals surface area contributed by atoms with E-state index >= 15 is 0 Å². The van der Waals surface area contributed by atoms with E-state index in [-0.39, 0.29) is 17.6 Å². The van der Waals surface area contributed by atoms with Crippen molar-refractivity contribution in [2.24, 2.45) is 0 Å². The monoisotopic (exact) mass is 395 g/mol. The second-order valence-electron chi connectivity index (χ2n) is 8.98. The van der Waals surface area contributed by atoms with Gasteiger partial charge in [0.1, 0.15) is 11.7 Å². The third-order valence-corrected chi connectivity index (χ3v) is 5.23. The van der Waals surface area contributed by atoms with Gasteiger partial charge in [0.15, 0.2) is 6.29 Å². The minimum absolute atomic E-state index is 0.0259. The van der Waals surface area contributed by atoms with Crippen LogP contribution >= 0.6 is 0 Å². The van der Waals surface area contributed by atoms with Crippen LogP contribution in [-0.4, -0.2) is 52.2 Å². The van der Waals surface area contributed by atoms with Gasteiger partial charge in [-0.15, -0.1) is 0 Å². The highest BCUT2D eigenvalue weighted by molar-refractivity contribution is 5.69. The fraction of sp³-hybridized carbons (Fsp3) is 0.850. The van der Waals surface area contributed by atoms with Crippen molar-refractivity contribution in [2.45, 2.75) is 96.7 Å². The first-order valence-corrected chi connectivity index (χ1v) is 10.2. The maximum absolute atomic E-state index is 12.7. The number of hydrogen-bond donors (Lipinski definition) is 0. The van der Waals surface area contributed by atoms with E-state index in [2.05, 4.69) is 17.1 Å². The van der Waals surface area contributed by atoms with Crippen molar-refractivity contribution in [1.82, 2.24) is 15.0 Å². The molecule has 1 aromatic rings. The van der Waals surface area contributed by atoms with Crippen LogP contribution in [0.1, 0.15) is 85.0 Å². The molecule has 1 saturated carbocycles. The molecule has 3 atom stereocenters. The van der Waals surface area contributed by atoms with Gasteiger partial charge in [-0.25, -0.2) is 4.79 Å². The van der Waals surface area contributed by atoms with E-state index in [1.807, 2.05) is 34.6 Å². The second kappa shape index (κ2) is 7.99. The Labute approximate surface area is 166 Å². The Morgan fingerprint density at radius 2 is 2.11 bits per heavy atom. The Morgan fingerprint density at radius 1 is 1.39 bits per heavy atom. The molecule has 0 N–H and O–H groups in total. The lowest BCUT2D eigenvalue weighted by molar-refractivity contribution is -0.174. The molecule has 3 unspecified atom stereocenters. The Kier molecular flexibility index (Phi) is 6.00. The largest absolute Gasteiger partial charge is 0.444 e. The first-order valence-electron chi connectivity index (χ1n) is 10.2. The third kappa shape index (κ3) is 4.84. The summed E-state index contributed by atoms with van der Waals surface area (Å²) in [5.41, 5.74) is -0.582. The van der Waals surface area contributed by atoms with Gasteiger partial charge in [0.2, 0.25) is 11.7 Å². The molecular formula is C20H33N3O5. The molecule has 1 aliphatic heterocycles. The number of carbonyl (C=O) groups is 1. The average molecular weight is 396 g/mol. The van der Waals surface area contributed by atoms with Crippen LogP contribution in [0.2, 0.25) is 0 Å². The molecular weight excluding hydrogens is 362 g/mol. The van der Waals surface area contributed by atoms with E-state index in [0.717, 1.165) is 25.7 Å². The van der Waals surface area contributed by atoms with Crippen LogP contribution in [0.15, 0.2) is 4.52 Å². The van der Waals surface area contributed by atoms with Crippen LogP contribution in [0.25, 0.3) is 0 Å². The smallest absolute Gasteiger partial charge is 0.410 e. The van der Waals surface area contributed by atoms with Gasteiger partial charge in [0, 0.05) is 18.6 Å². The lowest BCUT2D eigenvalue weighted by Crippen LogP contribution is -2.44. The molecule has 1 aliphatic carbocycles. The number of nitrogens with zero attached hydrogens (tertiary/aromatic N) is 3. The highest BCUT2D eigenvalue weighted by Crippen LogP contribution is 2.47. The molecule has 2 aliphatic rings. The molecule has 0 bridgehead atoms. The molecule has 0 spiro atoms. The van der Waals surface area contributed by atoms with Gasteiger partial charge < -0.3 is 23.6 Å². The summed E-state index contributed by atoms with van der Waals surface area (Å²) in [4.78, 5) is 19.1. The van der Waals surface area contributed by atoms with Crippen molar-refractivity contribution in [1.29, 1.82) is 0 Å². The maximum atomic E-state index is 12.7. The van der Waals surface area contributed by atoms with Crippen LogP contribution in [0.4, 0.5) is 4.79 Å². The summed E-state index contributed by atoms with van der Waals surface area (Å²) in [5.74, 6) is 1.11. The highest BCUT2D eigenvalue weighted by atomic mass is 16.7. The fourth-order valence-corrected chi connectivity index (χ4v) is 3.46. The Bertz CT molecular complexity index is 680. The number of hydrogen-bond acceptors (Lipinski definition) is 7. The van der Waals surface area contributed by atoms with Crippen LogP contribution in [0, 0.1) is 0 Å². The first-order chi connectivity index (χ1) is 13.1. The van der Waals surface area contributed by atoms with Gasteiger partial charge in [-0.05, 0) is 60.3 Å². The molecule has 1 aromatic heterocycles. The van der Waals surface area contributed by atoms with Crippen molar-refractivity contribution in [3.63, 3.8) is 0 Å². The summed E-state index contributed by atoms with van der Waals surface area (Å²) in [6, 6.07) is -0.227. The van der Waals surface area contributed by atoms with Gasteiger partial charge >= 0.3 is 6.09 Å². The van der Waals surface area contributed by atoms with Crippen LogP contribution in [0.3, 0.4) is 0 Å². The van der Waals surface area contributed by atoms with E-state index in [1.165, 1.54) is 0 Å². The number of rotatable bonds is 7. The zero-order valence-corrected chi connectivity index (χ0v) is 17.9. The molecule has 28 heavy (non-hydrogen) atoms. The summed E-state index contributed by atoms with van der Waals surface area (Å²) < 4.78 is 22.9. The Morgan fingerprint density at radius 3 is 2.71 bits per heavy atom. The summed E-state index contributed by atoms with van der Waals surface area (Å²) >= 11 is 0.